The van der Waals surface area contributed by atoms with Crippen LogP contribution in [0.5, 0.6) is 0 Å². The number of anilines is 1. The summed E-state index contributed by atoms with van der Waals surface area (Å²) < 4.78 is 1.64. The maximum Gasteiger partial charge on any atom is 0.191 e. The minimum Gasteiger partial charge on any atom is -0.390 e. The van der Waals surface area contributed by atoms with Crippen molar-refractivity contribution in [3.05, 3.63) is 42.2 Å². The maximum absolute atomic E-state index is 10.9. The maximum atomic E-state index is 10.9. The molecule has 4 aromatic rings. The first kappa shape index (κ1) is 23.3. The van der Waals surface area contributed by atoms with Crippen LogP contribution in [-0.4, -0.2) is 79.4 Å². The Morgan fingerprint density at radius 3 is 2.72 bits per heavy atom. The Hall–Kier alpha value is -3.16. The summed E-state index contributed by atoms with van der Waals surface area (Å²) in [6.07, 6.45) is 1.87. The molecule has 3 aromatic heterocycles. The molecule has 0 aliphatic heterocycles. The van der Waals surface area contributed by atoms with Crippen LogP contribution >= 0.6 is 11.8 Å². The summed E-state index contributed by atoms with van der Waals surface area (Å²) in [6, 6.07) is 10.2. The number of aromatic nitrogens is 9. The molecule has 6 rings (SSSR count). The third-order valence-corrected chi connectivity index (χ3v) is 8.01. The lowest BCUT2D eigenvalue weighted by Gasteiger charge is -2.17. The third kappa shape index (κ3) is 4.42. The quantitative estimate of drug-likeness (QED) is 0.223. The first-order chi connectivity index (χ1) is 17.6. The molecule has 0 unspecified atom stereocenters. The molecular formula is C23H28N10O2S. The summed E-state index contributed by atoms with van der Waals surface area (Å²) in [7, 11) is 0. The lowest BCUT2D eigenvalue weighted by atomic mass is 10.1. The lowest BCUT2D eigenvalue weighted by molar-refractivity contribution is 0.000836. The Kier molecular flexibility index (Phi) is 6.27. The van der Waals surface area contributed by atoms with Crippen molar-refractivity contribution >= 4 is 28.7 Å². The van der Waals surface area contributed by atoms with Crippen molar-refractivity contribution in [3.8, 4) is 0 Å². The van der Waals surface area contributed by atoms with Gasteiger partial charge < -0.3 is 15.5 Å². The van der Waals surface area contributed by atoms with Crippen molar-refractivity contribution in [2.45, 2.75) is 68.1 Å². The number of rotatable bonds is 9. The van der Waals surface area contributed by atoms with Gasteiger partial charge in [0.15, 0.2) is 28.5 Å². The van der Waals surface area contributed by atoms with E-state index < -0.39 is 18.2 Å². The molecular weight excluding hydrogens is 480 g/mol. The van der Waals surface area contributed by atoms with Gasteiger partial charge in [-0.2, -0.15) is 4.80 Å². The van der Waals surface area contributed by atoms with Crippen molar-refractivity contribution in [1.82, 2.24) is 45.2 Å². The summed E-state index contributed by atoms with van der Waals surface area (Å²) in [5.41, 5.74) is 2.43. The zero-order valence-corrected chi connectivity index (χ0v) is 20.6. The Morgan fingerprint density at radius 2 is 1.94 bits per heavy atom. The van der Waals surface area contributed by atoms with Crippen LogP contribution < -0.4 is 5.32 Å². The molecule has 0 spiro atoms. The highest BCUT2D eigenvalue weighted by molar-refractivity contribution is 7.99. The van der Waals surface area contributed by atoms with E-state index in [1.165, 1.54) is 16.7 Å². The highest BCUT2D eigenvalue weighted by atomic mass is 32.2. The normalized spacial score (nSPS) is 27.5. The van der Waals surface area contributed by atoms with Gasteiger partial charge in [0.1, 0.15) is 6.10 Å². The van der Waals surface area contributed by atoms with Crippen LogP contribution in [0.15, 0.2) is 41.8 Å². The number of fused-ring (bicyclic) bond motifs is 1. The van der Waals surface area contributed by atoms with E-state index in [-0.39, 0.29) is 12.0 Å². The van der Waals surface area contributed by atoms with Gasteiger partial charge in [0.2, 0.25) is 0 Å². The van der Waals surface area contributed by atoms with Crippen molar-refractivity contribution < 1.29 is 10.2 Å². The fourth-order valence-corrected chi connectivity index (χ4v) is 5.69. The summed E-state index contributed by atoms with van der Waals surface area (Å²) in [6.45, 7) is 2.47. The number of benzene rings is 1. The lowest BCUT2D eigenvalue weighted by Crippen LogP contribution is -2.31. The summed E-state index contributed by atoms with van der Waals surface area (Å²) in [5.74, 6) is 1.71. The van der Waals surface area contributed by atoms with Crippen LogP contribution in [0.1, 0.15) is 43.7 Å². The standard InChI is InChI=1S/C23H28N10O2S/c1-2-8-36-23-27-21(26-16-10-15(16)13-6-4-3-5-7-13)18-22(28-23)33(31-29-18)17-9-14(19(34)20(17)35)11-32-25-12-24-30-32/h3-7,12,14-17,19-20,34-35H,2,8-11H2,1H3,(H,26,27,28)/t14-,15+,16-,17-,19-,20+/m1/s1. The van der Waals surface area contributed by atoms with E-state index in [0.717, 1.165) is 18.6 Å². The SMILES string of the molecule is CCCSc1nc(N[C@@H]2C[C@H]2c2ccccc2)c2nnn([C@@H]3C[C@H](Cn4ncnn4)[C@@H](O)[C@H]3O)c2n1. The molecule has 2 saturated carbocycles. The molecule has 0 amide bonds. The number of hydrogen-bond donors (Lipinski definition) is 3. The van der Waals surface area contributed by atoms with Gasteiger partial charge in [0, 0.05) is 23.6 Å². The Bertz CT molecular complexity index is 1320. The summed E-state index contributed by atoms with van der Waals surface area (Å²) in [4.78, 5) is 11.0. The van der Waals surface area contributed by atoms with Crippen molar-refractivity contribution in [2.75, 3.05) is 11.1 Å². The third-order valence-electron chi connectivity index (χ3n) is 6.95. The predicted molar refractivity (Wildman–Crippen MR) is 132 cm³/mol. The number of aliphatic hydroxyl groups is 2. The van der Waals surface area contributed by atoms with Gasteiger partial charge in [-0.25, -0.2) is 14.6 Å². The first-order valence-electron chi connectivity index (χ1n) is 12.3. The average molecular weight is 509 g/mol. The highest BCUT2D eigenvalue weighted by Gasteiger charge is 2.44. The van der Waals surface area contributed by atoms with E-state index in [9.17, 15) is 10.2 Å². The fraction of sp³-hybridized carbons (Fsp3) is 0.522. The first-order valence-corrected chi connectivity index (χ1v) is 13.2. The molecule has 0 saturated heterocycles. The Labute approximate surface area is 211 Å². The van der Waals surface area contributed by atoms with E-state index in [4.69, 9.17) is 9.97 Å². The molecule has 188 valence electrons. The van der Waals surface area contributed by atoms with Crippen LogP contribution in [0.25, 0.3) is 11.2 Å². The van der Waals surface area contributed by atoms with Crippen LogP contribution in [-0.2, 0) is 6.54 Å². The second-order valence-corrected chi connectivity index (χ2v) is 10.5. The van der Waals surface area contributed by atoms with Crippen LogP contribution in [0.4, 0.5) is 5.82 Å². The van der Waals surface area contributed by atoms with Gasteiger partial charge in [0.05, 0.1) is 18.7 Å². The number of nitrogens with zero attached hydrogens (tertiary/aromatic N) is 9. The van der Waals surface area contributed by atoms with Crippen molar-refractivity contribution in [2.24, 2.45) is 5.92 Å². The minimum atomic E-state index is -1.02. The number of thioether (sulfide) groups is 1. The molecule has 12 nitrogen and oxygen atoms in total. The van der Waals surface area contributed by atoms with Crippen LogP contribution in [0.2, 0.25) is 0 Å². The van der Waals surface area contributed by atoms with Gasteiger partial charge in [-0.3, -0.25) is 0 Å². The number of nitrogens with one attached hydrogen (secondary N) is 1. The van der Waals surface area contributed by atoms with Gasteiger partial charge in [-0.05, 0) is 30.0 Å². The number of aliphatic hydroxyl groups excluding tert-OH is 2. The fourth-order valence-electron chi connectivity index (χ4n) is 5.00. The van der Waals surface area contributed by atoms with Gasteiger partial charge in [-0.1, -0.05) is 54.2 Å². The van der Waals surface area contributed by atoms with E-state index in [0.29, 0.717) is 41.0 Å². The van der Waals surface area contributed by atoms with E-state index >= 15 is 0 Å². The Balaban J connectivity index is 1.29. The molecule has 2 aliphatic rings. The van der Waals surface area contributed by atoms with E-state index in [1.807, 2.05) is 6.07 Å². The summed E-state index contributed by atoms with van der Waals surface area (Å²) in [5, 5.41) is 46.3. The van der Waals surface area contributed by atoms with Crippen LogP contribution in [0.3, 0.4) is 0 Å². The molecule has 13 heteroatoms. The molecule has 36 heavy (non-hydrogen) atoms. The second kappa shape index (κ2) is 9.71. The molecule has 3 heterocycles. The van der Waals surface area contributed by atoms with E-state index in [2.05, 4.69) is 62.2 Å². The topological polar surface area (TPSA) is 153 Å². The largest absolute Gasteiger partial charge is 0.390 e. The van der Waals surface area contributed by atoms with Crippen molar-refractivity contribution in [1.29, 1.82) is 0 Å². The molecule has 2 aliphatic carbocycles. The van der Waals surface area contributed by atoms with Crippen molar-refractivity contribution in [3.63, 3.8) is 0 Å². The average Bonchev–Trinajstić information content (AvgIpc) is 3.19. The van der Waals surface area contributed by atoms with Gasteiger partial charge in [-0.15, -0.1) is 15.3 Å². The smallest absolute Gasteiger partial charge is 0.191 e. The molecule has 0 bridgehead atoms. The monoisotopic (exact) mass is 508 g/mol. The zero-order valence-electron chi connectivity index (χ0n) is 19.8. The molecule has 2 fully saturated rings. The highest BCUT2D eigenvalue weighted by Crippen LogP contribution is 2.43. The molecule has 3 N–H and O–H groups in total. The predicted octanol–water partition coefficient (Wildman–Crippen LogP) is 1.66. The molecule has 6 atom stereocenters. The zero-order chi connectivity index (χ0) is 24.6. The molecule has 1 aromatic carbocycles. The van der Waals surface area contributed by atoms with Gasteiger partial charge >= 0.3 is 0 Å². The van der Waals surface area contributed by atoms with Gasteiger partial charge in [0.25, 0.3) is 0 Å². The van der Waals surface area contributed by atoms with Crippen LogP contribution in [0, 0.1) is 5.92 Å². The second-order valence-electron chi connectivity index (χ2n) is 9.45. The minimum absolute atomic E-state index is 0.259. The van der Waals surface area contributed by atoms with E-state index in [1.54, 1.807) is 16.4 Å². The molecule has 0 radical (unpaired) electrons. The number of tetrazole rings is 1. The number of hydrogen-bond acceptors (Lipinski definition) is 11. The Morgan fingerprint density at radius 1 is 1.08 bits per heavy atom. The summed E-state index contributed by atoms with van der Waals surface area (Å²) >= 11 is 1.58.